The SMILES string of the molecule is N#CC1=C2SCN(c3ccc(Br)cc3)CN2C(=O)C[C@@H]1c1ccc(OCc2ccc(Cl)cc2)cc1. The highest BCUT2D eigenvalue weighted by molar-refractivity contribution is 9.10. The van der Waals surface area contributed by atoms with Gasteiger partial charge in [0.2, 0.25) is 5.91 Å². The number of halogens is 2. The number of rotatable bonds is 5. The number of fused-ring (bicyclic) bond motifs is 1. The van der Waals surface area contributed by atoms with E-state index in [2.05, 4.69) is 26.9 Å². The zero-order chi connectivity index (χ0) is 24.4. The van der Waals surface area contributed by atoms with Crippen molar-refractivity contribution in [1.82, 2.24) is 4.90 Å². The minimum atomic E-state index is -0.254. The third kappa shape index (κ3) is 5.20. The number of nitrogens with zero attached hydrogens (tertiary/aromatic N) is 3. The normalized spacial score (nSPS) is 17.7. The first kappa shape index (κ1) is 23.8. The highest BCUT2D eigenvalue weighted by atomic mass is 79.9. The van der Waals surface area contributed by atoms with Gasteiger partial charge in [0, 0.05) is 27.5 Å². The van der Waals surface area contributed by atoms with Crippen LogP contribution in [0.5, 0.6) is 5.75 Å². The molecule has 5 nitrogen and oxygen atoms in total. The molecule has 8 heteroatoms. The smallest absolute Gasteiger partial charge is 0.229 e. The number of thioether (sulfide) groups is 1. The molecule has 1 atom stereocenters. The second kappa shape index (κ2) is 10.4. The molecule has 1 fully saturated rings. The summed E-state index contributed by atoms with van der Waals surface area (Å²) in [5.74, 6) is 1.18. The average molecular weight is 567 g/mol. The van der Waals surface area contributed by atoms with Gasteiger partial charge in [-0.2, -0.15) is 5.26 Å². The number of anilines is 1. The zero-order valence-corrected chi connectivity index (χ0v) is 21.8. The molecule has 0 N–H and O–H groups in total. The molecule has 2 aliphatic heterocycles. The van der Waals surface area contributed by atoms with E-state index in [-0.39, 0.29) is 18.2 Å². The van der Waals surface area contributed by atoms with E-state index in [1.165, 1.54) is 0 Å². The number of carbonyl (C=O) groups is 1. The molecule has 0 aromatic heterocycles. The molecule has 0 spiro atoms. The number of amides is 1. The Kier molecular flexibility index (Phi) is 7.05. The predicted molar refractivity (Wildman–Crippen MR) is 143 cm³/mol. The average Bonchev–Trinajstić information content (AvgIpc) is 2.89. The van der Waals surface area contributed by atoms with E-state index < -0.39 is 0 Å². The van der Waals surface area contributed by atoms with Crippen molar-refractivity contribution in [2.24, 2.45) is 0 Å². The van der Waals surface area contributed by atoms with Gasteiger partial charge in [0.25, 0.3) is 0 Å². The van der Waals surface area contributed by atoms with Gasteiger partial charge < -0.3 is 9.64 Å². The van der Waals surface area contributed by atoms with E-state index in [9.17, 15) is 10.1 Å². The Morgan fingerprint density at radius 1 is 1.06 bits per heavy atom. The van der Waals surface area contributed by atoms with Crippen LogP contribution in [0.25, 0.3) is 0 Å². The number of carbonyl (C=O) groups excluding carboxylic acids is 1. The Labute approximate surface area is 222 Å². The monoisotopic (exact) mass is 565 g/mol. The van der Waals surface area contributed by atoms with Gasteiger partial charge in [-0.1, -0.05) is 63.6 Å². The number of allylic oxidation sites excluding steroid dienone is 1. The van der Waals surface area contributed by atoms with Crippen molar-refractivity contribution in [3.05, 3.63) is 104 Å². The molecule has 5 rings (SSSR count). The molecule has 0 aliphatic carbocycles. The number of hydrogen-bond donors (Lipinski definition) is 0. The Morgan fingerprint density at radius 3 is 2.46 bits per heavy atom. The Balaban J connectivity index is 1.31. The molecule has 2 aliphatic rings. The Morgan fingerprint density at radius 2 is 1.77 bits per heavy atom. The van der Waals surface area contributed by atoms with Crippen LogP contribution in [0.1, 0.15) is 23.5 Å². The highest BCUT2D eigenvalue weighted by Gasteiger charge is 2.38. The fourth-order valence-electron chi connectivity index (χ4n) is 4.21. The van der Waals surface area contributed by atoms with Gasteiger partial charge in [-0.05, 0) is 59.7 Å². The first-order chi connectivity index (χ1) is 17.0. The van der Waals surface area contributed by atoms with E-state index in [1.54, 1.807) is 16.7 Å². The molecule has 2 heterocycles. The maximum Gasteiger partial charge on any atom is 0.229 e. The summed E-state index contributed by atoms with van der Waals surface area (Å²) in [4.78, 5) is 17.0. The number of ether oxygens (including phenoxy) is 1. The molecule has 3 aromatic rings. The predicted octanol–water partition coefficient (Wildman–Crippen LogP) is 6.90. The Hall–Kier alpha value is -2.92. The lowest BCUT2D eigenvalue weighted by Gasteiger charge is -2.42. The van der Waals surface area contributed by atoms with Crippen LogP contribution in [0.3, 0.4) is 0 Å². The van der Waals surface area contributed by atoms with Crippen LogP contribution in [-0.2, 0) is 11.4 Å². The van der Waals surface area contributed by atoms with Crippen LogP contribution in [0.4, 0.5) is 5.69 Å². The summed E-state index contributed by atoms with van der Waals surface area (Å²) in [7, 11) is 0. The quantitative estimate of drug-likeness (QED) is 0.336. The number of benzene rings is 3. The molecule has 0 bridgehead atoms. The van der Waals surface area contributed by atoms with Gasteiger partial charge >= 0.3 is 0 Å². The van der Waals surface area contributed by atoms with E-state index in [1.807, 2.05) is 72.8 Å². The van der Waals surface area contributed by atoms with E-state index in [0.29, 0.717) is 29.7 Å². The standard InChI is InChI=1S/C27H21BrClN3O2S/c28-20-5-9-22(10-6-20)31-16-32-26(33)13-24(25(14-30)27(32)35-17-31)19-3-11-23(12-4-19)34-15-18-1-7-21(29)8-2-18/h1-12,24H,13,15-17H2/t24-/m1/s1. The van der Waals surface area contributed by atoms with Crippen molar-refractivity contribution < 1.29 is 9.53 Å². The molecule has 1 saturated heterocycles. The summed E-state index contributed by atoms with van der Waals surface area (Å²) in [6.07, 6.45) is 0.270. The molecule has 0 saturated carbocycles. The van der Waals surface area contributed by atoms with Crippen LogP contribution in [0.2, 0.25) is 5.02 Å². The van der Waals surface area contributed by atoms with E-state index in [0.717, 1.165) is 32.1 Å². The van der Waals surface area contributed by atoms with Gasteiger partial charge in [-0.25, -0.2) is 0 Å². The number of hydrogen-bond acceptors (Lipinski definition) is 5. The van der Waals surface area contributed by atoms with Crippen LogP contribution in [0, 0.1) is 11.3 Å². The van der Waals surface area contributed by atoms with Crippen LogP contribution in [-0.4, -0.2) is 23.4 Å². The van der Waals surface area contributed by atoms with Crippen LogP contribution >= 0.6 is 39.3 Å². The molecule has 1 amide bonds. The highest BCUT2D eigenvalue weighted by Crippen LogP contribution is 2.43. The first-order valence-corrected chi connectivity index (χ1v) is 13.2. The third-order valence-corrected chi connectivity index (χ3v) is 8.02. The minimum absolute atomic E-state index is 0.0291. The summed E-state index contributed by atoms with van der Waals surface area (Å²) >= 11 is 10.9. The molecule has 0 radical (unpaired) electrons. The maximum absolute atomic E-state index is 13.2. The molecular formula is C27H21BrClN3O2S. The lowest BCUT2D eigenvalue weighted by molar-refractivity contribution is -0.129. The van der Waals surface area contributed by atoms with Crippen molar-refractivity contribution in [2.45, 2.75) is 18.9 Å². The van der Waals surface area contributed by atoms with Gasteiger partial charge in [-0.15, -0.1) is 0 Å². The summed E-state index contributed by atoms with van der Waals surface area (Å²) < 4.78 is 6.90. The van der Waals surface area contributed by atoms with Gasteiger partial charge in [-0.3, -0.25) is 9.69 Å². The topological polar surface area (TPSA) is 56.6 Å². The van der Waals surface area contributed by atoms with Crippen molar-refractivity contribution in [1.29, 1.82) is 5.26 Å². The maximum atomic E-state index is 13.2. The van der Waals surface area contributed by atoms with Crippen molar-refractivity contribution in [3.8, 4) is 11.8 Å². The third-order valence-electron chi connectivity index (χ3n) is 6.09. The van der Waals surface area contributed by atoms with E-state index in [4.69, 9.17) is 16.3 Å². The molecule has 35 heavy (non-hydrogen) atoms. The second-order valence-corrected chi connectivity index (χ2v) is 10.6. The molecule has 0 unspecified atom stereocenters. The van der Waals surface area contributed by atoms with Gasteiger partial charge in [0.15, 0.2) is 0 Å². The number of nitriles is 1. The fraction of sp³-hybridized carbons (Fsp3) is 0.185. The van der Waals surface area contributed by atoms with Crippen LogP contribution in [0.15, 0.2) is 87.9 Å². The second-order valence-electron chi connectivity index (χ2n) is 8.32. The minimum Gasteiger partial charge on any atom is -0.489 e. The van der Waals surface area contributed by atoms with Crippen molar-refractivity contribution >= 4 is 50.9 Å². The largest absolute Gasteiger partial charge is 0.489 e. The van der Waals surface area contributed by atoms with Crippen molar-refractivity contribution in [3.63, 3.8) is 0 Å². The fourth-order valence-corrected chi connectivity index (χ4v) is 5.76. The Bertz CT molecular complexity index is 1300. The summed E-state index contributed by atoms with van der Waals surface area (Å²) in [5.41, 5.74) is 3.67. The van der Waals surface area contributed by atoms with Crippen LogP contribution < -0.4 is 9.64 Å². The summed E-state index contributed by atoms with van der Waals surface area (Å²) in [6, 6.07) is 25.7. The summed E-state index contributed by atoms with van der Waals surface area (Å²) in [5, 5.41) is 11.5. The zero-order valence-electron chi connectivity index (χ0n) is 18.7. The van der Waals surface area contributed by atoms with Crippen molar-refractivity contribution in [2.75, 3.05) is 17.4 Å². The lowest BCUT2D eigenvalue weighted by Crippen LogP contribution is -2.47. The van der Waals surface area contributed by atoms with Gasteiger partial charge in [0.1, 0.15) is 12.4 Å². The van der Waals surface area contributed by atoms with E-state index >= 15 is 0 Å². The van der Waals surface area contributed by atoms with Gasteiger partial charge in [0.05, 0.1) is 29.2 Å². The lowest BCUT2D eigenvalue weighted by atomic mass is 9.86. The molecular weight excluding hydrogens is 546 g/mol. The summed E-state index contributed by atoms with van der Waals surface area (Å²) in [6.45, 7) is 0.880. The molecule has 176 valence electrons. The molecule has 3 aromatic carbocycles. The first-order valence-electron chi connectivity index (χ1n) is 11.1.